The molecule has 0 unspecified atom stereocenters. The van der Waals surface area contributed by atoms with Crippen LogP contribution in [0.5, 0.6) is 0 Å². The number of rotatable bonds is 4. The molecule has 2 heterocycles. The normalized spacial score (nSPS) is 13.2. The van der Waals surface area contributed by atoms with Gasteiger partial charge in [0, 0.05) is 25.6 Å². The Morgan fingerprint density at radius 3 is 2.65 bits per heavy atom. The average Bonchev–Trinajstić information content (AvgIpc) is 2.98. The van der Waals surface area contributed by atoms with Crippen molar-refractivity contribution in [1.82, 2.24) is 24.9 Å². The Bertz CT molecular complexity index is 565. The van der Waals surface area contributed by atoms with E-state index in [1.54, 1.807) is 30.3 Å². The molecule has 108 valence electrons. The third kappa shape index (κ3) is 3.46. The van der Waals surface area contributed by atoms with Crippen LogP contribution in [0, 0.1) is 5.41 Å². The zero-order valence-corrected chi connectivity index (χ0v) is 12.4. The van der Waals surface area contributed by atoms with Crippen molar-refractivity contribution < 1.29 is 4.79 Å². The Labute approximate surface area is 118 Å². The van der Waals surface area contributed by atoms with Crippen molar-refractivity contribution in [2.24, 2.45) is 12.5 Å². The van der Waals surface area contributed by atoms with Crippen molar-refractivity contribution in [3.8, 4) is 0 Å². The van der Waals surface area contributed by atoms with Crippen LogP contribution in [0.2, 0.25) is 0 Å². The molecule has 2 rings (SSSR count). The maximum absolute atomic E-state index is 12.2. The number of amides is 1. The fourth-order valence-corrected chi connectivity index (χ4v) is 1.91. The average molecular weight is 275 g/mol. The maximum atomic E-state index is 12.2. The molecule has 0 fully saturated rings. The second kappa shape index (κ2) is 5.48. The van der Waals surface area contributed by atoms with Gasteiger partial charge in [-0.2, -0.15) is 10.2 Å². The van der Waals surface area contributed by atoms with Crippen LogP contribution in [0.15, 0.2) is 30.9 Å². The van der Waals surface area contributed by atoms with Gasteiger partial charge in [-0.1, -0.05) is 20.8 Å². The van der Waals surface area contributed by atoms with E-state index < -0.39 is 0 Å². The van der Waals surface area contributed by atoms with E-state index in [1.165, 1.54) is 0 Å². The molecule has 0 aliphatic rings. The molecule has 1 atom stereocenters. The highest BCUT2D eigenvalue weighted by atomic mass is 16.1. The zero-order valence-electron chi connectivity index (χ0n) is 12.4. The SMILES string of the molecule is Cn1cc(C(=O)N[C@H](Cn2cccn2)C(C)(C)C)cn1. The first kappa shape index (κ1) is 14.3. The quantitative estimate of drug-likeness (QED) is 0.918. The number of nitrogens with zero attached hydrogens (tertiary/aromatic N) is 4. The molecule has 0 spiro atoms. The van der Waals surface area contributed by atoms with Crippen LogP contribution in [-0.4, -0.2) is 31.5 Å². The van der Waals surface area contributed by atoms with E-state index in [0.29, 0.717) is 12.1 Å². The number of aromatic nitrogens is 4. The van der Waals surface area contributed by atoms with Gasteiger partial charge < -0.3 is 5.32 Å². The van der Waals surface area contributed by atoms with Gasteiger partial charge in [0.1, 0.15) is 0 Å². The molecule has 6 heteroatoms. The Morgan fingerprint density at radius 2 is 2.15 bits per heavy atom. The van der Waals surface area contributed by atoms with Crippen LogP contribution in [0.1, 0.15) is 31.1 Å². The minimum absolute atomic E-state index is 0.0184. The summed E-state index contributed by atoms with van der Waals surface area (Å²) in [5.74, 6) is -0.106. The molecule has 1 amide bonds. The lowest BCUT2D eigenvalue weighted by atomic mass is 9.86. The molecule has 0 saturated heterocycles. The summed E-state index contributed by atoms with van der Waals surface area (Å²) in [7, 11) is 1.79. The van der Waals surface area contributed by atoms with E-state index in [-0.39, 0.29) is 17.4 Å². The van der Waals surface area contributed by atoms with E-state index in [2.05, 4.69) is 36.3 Å². The summed E-state index contributed by atoms with van der Waals surface area (Å²) >= 11 is 0. The third-order valence-electron chi connectivity index (χ3n) is 3.25. The lowest BCUT2D eigenvalue weighted by molar-refractivity contribution is 0.0890. The Kier molecular flexibility index (Phi) is 3.92. The van der Waals surface area contributed by atoms with E-state index in [4.69, 9.17) is 0 Å². The van der Waals surface area contributed by atoms with Gasteiger partial charge in [0.2, 0.25) is 0 Å². The van der Waals surface area contributed by atoms with Gasteiger partial charge in [-0.25, -0.2) is 0 Å². The zero-order chi connectivity index (χ0) is 14.8. The summed E-state index contributed by atoms with van der Waals surface area (Å²) < 4.78 is 3.45. The van der Waals surface area contributed by atoms with Gasteiger partial charge in [-0.15, -0.1) is 0 Å². The van der Waals surface area contributed by atoms with Gasteiger partial charge >= 0.3 is 0 Å². The third-order valence-corrected chi connectivity index (χ3v) is 3.25. The molecule has 0 aliphatic carbocycles. The number of nitrogens with one attached hydrogen (secondary N) is 1. The highest BCUT2D eigenvalue weighted by Gasteiger charge is 2.27. The standard InChI is InChI=1S/C14H21N5O/c1-14(2,3)12(10-19-7-5-6-15-19)17-13(20)11-8-16-18(4)9-11/h5-9,12H,10H2,1-4H3,(H,17,20)/t12-/m1/s1. The predicted octanol–water partition coefficient (Wildman–Crippen LogP) is 1.46. The largest absolute Gasteiger partial charge is 0.347 e. The molecule has 2 aromatic rings. The minimum Gasteiger partial charge on any atom is -0.347 e. The molecule has 0 radical (unpaired) electrons. The van der Waals surface area contributed by atoms with Gasteiger partial charge in [-0.3, -0.25) is 14.2 Å². The molecule has 6 nitrogen and oxygen atoms in total. The van der Waals surface area contributed by atoms with Crippen LogP contribution < -0.4 is 5.32 Å². The lowest BCUT2D eigenvalue weighted by Crippen LogP contribution is -2.46. The first-order chi connectivity index (χ1) is 9.36. The number of hydrogen-bond donors (Lipinski definition) is 1. The smallest absolute Gasteiger partial charge is 0.254 e. The summed E-state index contributed by atoms with van der Waals surface area (Å²) in [5.41, 5.74) is 0.506. The molecular formula is C14H21N5O. The van der Waals surface area contributed by atoms with Crippen LogP contribution in [0.4, 0.5) is 0 Å². The Morgan fingerprint density at radius 1 is 1.40 bits per heavy atom. The molecule has 2 aromatic heterocycles. The maximum Gasteiger partial charge on any atom is 0.254 e. The molecular weight excluding hydrogens is 254 g/mol. The van der Waals surface area contributed by atoms with Gasteiger partial charge in [0.25, 0.3) is 5.91 Å². The molecule has 1 N–H and O–H groups in total. The van der Waals surface area contributed by atoms with Crippen molar-refractivity contribution in [2.45, 2.75) is 33.4 Å². The summed E-state index contributed by atoms with van der Waals surface area (Å²) in [6, 6.07) is 1.86. The first-order valence-electron chi connectivity index (χ1n) is 6.63. The summed E-state index contributed by atoms with van der Waals surface area (Å²) in [6.07, 6.45) is 6.92. The molecule has 0 aliphatic heterocycles. The number of aryl methyl sites for hydroxylation is 1. The summed E-state index contributed by atoms with van der Waals surface area (Å²) in [6.45, 7) is 6.95. The molecule has 20 heavy (non-hydrogen) atoms. The fraction of sp³-hybridized carbons (Fsp3) is 0.500. The van der Waals surface area contributed by atoms with Gasteiger partial charge in [0.05, 0.1) is 24.3 Å². The van der Waals surface area contributed by atoms with Crippen molar-refractivity contribution in [3.05, 3.63) is 36.4 Å². The highest BCUT2D eigenvalue weighted by Crippen LogP contribution is 2.21. The summed E-state index contributed by atoms with van der Waals surface area (Å²) in [5, 5.41) is 11.3. The van der Waals surface area contributed by atoms with Crippen LogP contribution in [0.3, 0.4) is 0 Å². The van der Waals surface area contributed by atoms with E-state index >= 15 is 0 Å². The van der Waals surface area contributed by atoms with Crippen molar-refractivity contribution in [2.75, 3.05) is 0 Å². The van der Waals surface area contributed by atoms with E-state index in [0.717, 1.165) is 0 Å². The first-order valence-corrected chi connectivity index (χ1v) is 6.63. The highest BCUT2D eigenvalue weighted by molar-refractivity contribution is 5.93. The minimum atomic E-state index is -0.106. The van der Waals surface area contributed by atoms with Gasteiger partial charge in [0.15, 0.2) is 0 Å². The molecule has 0 aromatic carbocycles. The number of hydrogen-bond acceptors (Lipinski definition) is 3. The van der Waals surface area contributed by atoms with E-state index in [9.17, 15) is 4.79 Å². The predicted molar refractivity (Wildman–Crippen MR) is 76.1 cm³/mol. The van der Waals surface area contributed by atoms with Crippen LogP contribution in [-0.2, 0) is 13.6 Å². The van der Waals surface area contributed by atoms with Crippen molar-refractivity contribution in [3.63, 3.8) is 0 Å². The Balaban J connectivity index is 2.10. The lowest BCUT2D eigenvalue weighted by Gasteiger charge is -2.31. The monoisotopic (exact) mass is 275 g/mol. The number of carbonyl (C=O) groups is 1. The Hall–Kier alpha value is -2.11. The summed E-state index contributed by atoms with van der Waals surface area (Å²) in [4.78, 5) is 12.2. The number of carbonyl (C=O) groups excluding carboxylic acids is 1. The fourth-order valence-electron chi connectivity index (χ4n) is 1.91. The van der Waals surface area contributed by atoms with Crippen LogP contribution >= 0.6 is 0 Å². The second-order valence-corrected chi connectivity index (χ2v) is 6.02. The topological polar surface area (TPSA) is 64.7 Å². The van der Waals surface area contributed by atoms with E-state index in [1.807, 2.05) is 16.9 Å². The second-order valence-electron chi connectivity index (χ2n) is 6.02. The van der Waals surface area contributed by atoms with Crippen LogP contribution in [0.25, 0.3) is 0 Å². The van der Waals surface area contributed by atoms with Crippen molar-refractivity contribution >= 4 is 5.91 Å². The molecule has 0 saturated carbocycles. The molecule has 0 bridgehead atoms. The van der Waals surface area contributed by atoms with Gasteiger partial charge in [-0.05, 0) is 11.5 Å². The van der Waals surface area contributed by atoms with Crippen molar-refractivity contribution in [1.29, 1.82) is 0 Å².